The van der Waals surface area contributed by atoms with Crippen LogP contribution < -0.4 is 11.1 Å². The SMILES string of the molecule is CC(C)(CC(N)C1CCC1)N1CCNCC1. The molecular formula is C13H27N3. The summed E-state index contributed by atoms with van der Waals surface area (Å²) >= 11 is 0. The largest absolute Gasteiger partial charge is 0.327 e. The van der Waals surface area contributed by atoms with Gasteiger partial charge in [0.25, 0.3) is 0 Å². The summed E-state index contributed by atoms with van der Waals surface area (Å²) in [7, 11) is 0. The minimum Gasteiger partial charge on any atom is -0.327 e. The van der Waals surface area contributed by atoms with E-state index in [0.717, 1.165) is 25.4 Å². The summed E-state index contributed by atoms with van der Waals surface area (Å²) in [6.07, 6.45) is 5.27. The predicted molar refractivity (Wildman–Crippen MR) is 68.5 cm³/mol. The molecule has 1 saturated heterocycles. The van der Waals surface area contributed by atoms with Gasteiger partial charge >= 0.3 is 0 Å². The molecule has 94 valence electrons. The van der Waals surface area contributed by atoms with Gasteiger partial charge in [0.2, 0.25) is 0 Å². The fourth-order valence-corrected chi connectivity index (χ4v) is 3.01. The topological polar surface area (TPSA) is 41.3 Å². The van der Waals surface area contributed by atoms with Gasteiger partial charge in [0.15, 0.2) is 0 Å². The van der Waals surface area contributed by atoms with Crippen LogP contribution in [0.25, 0.3) is 0 Å². The number of nitrogens with one attached hydrogen (secondary N) is 1. The number of rotatable bonds is 4. The Morgan fingerprint density at radius 3 is 2.44 bits per heavy atom. The normalized spacial score (nSPS) is 26.4. The minimum atomic E-state index is 0.275. The first kappa shape index (κ1) is 12.3. The molecular weight excluding hydrogens is 198 g/mol. The van der Waals surface area contributed by atoms with Crippen molar-refractivity contribution in [3.63, 3.8) is 0 Å². The van der Waals surface area contributed by atoms with Gasteiger partial charge in [0.1, 0.15) is 0 Å². The van der Waals surface area contributed by atoms with Crippen LogP contribution >= 0.6 is 0 Å². The van der Waals surface area contributed by atoms with Crippen LogP contribution in [0, 0.1) is 5.92 Å². The molecule has 1 aliphatic carbocycles. The van der Waals surface area contributed by atoms with E-state index in [-0.39, 0.29) is 5.54 Å². The summed E-state index contributed by atoms with van der Waals surface area (Å²) in [4.78, 5) is 2.60. The first-order valence-corrected chi connectivity index (χ1v) is 6.81. The fraction of sp³-hybridized carbons (Fsp3) is 1.00. The Balaban J connectivity index is 1.84. The number of hydrogen-bond acceptors (Lipinski definition) is 3. The van der Waals surface area contributed by atoms with Crippen LogP contribution in [-0.2, 0) is 0 Å². The van der Waals surface area contributed by atoms with Gasteiger partial charge in [0.05, 0.1) is 0 Å². The third-order valence-electron chi connectivity index (χ3n) is 4.46. The Morgan fingerprint density at radius 2 is 1.94 bits per heavy atom. The Labute approximate surface area is 99.8 Å². The molecule has 16 heavy (non-hydrogen) atoms. The average Bonchev–Trinajstić information content (AvgIpc) is 2.15. The number of nitrogens with zero attached hydrogens (tertiary/aromatic N) is 1. The molecule has 3 N–H and O–H groups in total. The molecule has 0 radical (unpaired) electrons. The summed E-state index contributed by atoms with van der Waals surface area (Å²) in [5.74, 6) is 0.808. The maximum Gasteiger partial charge on any atom is 0.0169 e. The molecule has 3 heteroatoms. The Bertz CT molecular complexity index is 217. The lowest BCUT2D eigenvalue weighted by Crippen LogP contribution is -2.56. The van der Waals surface area contributed by atoms with Crippen molar-refractivity contribution in [1.29, 1.82) is 0 Å². The van der Waals surface area contributed by atoms with Crippen LogP contribution in [0.5, 0.6) is 0 Å². The maximum absolute atomic E-state index is 6.33. The number of piperazine rings is 1. The first-order valence-electron chi connectivity index (χ1n) is 6.81. The van der Waals surface area contributed by atoms with E-state index in [1.807, 2.05) is 0 Å². The van der Waals surface area contributed by atoms with E-state index < -0.39 is 0 Å². The lowest BCUT2D eigenvalue weighted by atomic mass is 9.76. The van der Waals surface area contributed by atoms with Crippen molar-refractivity contribution in [2.75, 3.05) is 26.2 Å². The molecule has 2 rings (SSSR count). The molecule has 0 spiro atoms. The molecule has 1 heterocycles. The summed E-state index contributed by atoms with van der Waals surface area (Å²) < 4.78 is 0. The summed E-state index contributed by atoms with van der Waals surface area (Å²) in [5.41, 5.74) is 6.60. The average molecular weight is 225 g/mol. The monoisotopic (exact) mass is 225 g/mol. The van der Waals surface area contributed by atoms with Crippen molar-refractivity contribution in [2.24, 2.45) is 11.7 Å². The van der Waals surface area contributed by atoms with E-state index in [4.69, 9.17) is 5.73 Å². The van der Waals surface area contributed by atoms with Crippen LogP contribution in [0.2, 0.25) is 0 Å². The standard InChI is InChI=1S/C13H27N3/c1-13(2,16-8-6-15-7-9-16)10-12(14)11-4-3-5-11/h11-12,15H,3-10,14H2,1-2H3. The van der Waals surface area contributed by atoms with E-state index in [0.29, 0.717) is 6.04 Å². The zero-order chi connectivity index (χ0) is 11.6. The van der Waals surface area contributed by atoms with Gasteiger partial charge in [0, 0.05) is 37.8 Å². The molecule has 0 aromatic rings. The highest BCUT2D eigenvalue weighted by Gasteiger charge is 2.33. The Morgan fingerprint density at radius 1 is 1.31 bits per heavy atom. The summed E-state index contributed by atoms with van der Waals surface area (Å²) in [5, 5.41) is 3.41. The van der Waals surface area contributed by atoms with Gasteiger partial charge in [-0.1, -0.05) is 6.42 Å². The molecule has 2 fully saturated rings. The molecule has 0 aromatic heterocycles. The zero-order valence-corrected chi connectivity index (χ0v) is 10.8. The zero-order valence-electron chi connectivity index (χ0n) is 10.8. The Hall–Kier alpha value is -0.120. The quantitative estimate of drug-likeness (QED) is 0.755. The third kappa shape index (κ3) is 2.76. The van der Waals surface area contributed by atoms with Crippen LogP contribution in [0.1, 0.15) is 39.5 Å². The molecule has 0 amide bonds. The highest BCUT2D eigenvalue weighted by atomic mass is 15.2. The predicted octanol–water partition coefficient (Wildman–Crippen LogP) is 1.19. The molecule has 3 nitrogen and oxygen atoms in total. The van der Waals surface area contributed by atoms with E-state index in [1.54, 1.807) is 0 Å². The Kier molecular flexibility index (Phi) is 3.88. The molecule has 2 aliphatic rings. The molecule has 0 bridgehead atoms. The van der Waals surface area contributed by atoms with Crippen LogP contribution in [0.4, 0.5) is 0 Å². The van der Waals surface area contributed by atoms with Crippen molar-refractivity contribution in [1.82, 2.24) is 10.2 Å². The second-order valence-electron chi connectivity index (χ2n) is 6.11. The van der Waals surface area contributed by atoms with Crippen molar-refractivity contribution >= 4 is 0 Å². The van der Waals surface area contributed by atoms with Crippen LogP contribution in [0.3, 0.4) is 0 Å². The number of nitrogens with two attached hydrogens (primary N) is 1. The second kappa shape index (κ2) is 5.03. The second-order valence-corrected chi connectivity index (χ2v) is 6.11. The molecule has 1 unspecified atom stereocenters. The maximum atomic E-state index is 6.33. The van der Waals surface area contributed by atoms with Gasteiger partial charge in [-0.3, -0.25) is 4.90 Å². The fourth-order valence-electron chi connectivity index (χ4n) is 3.01. The van der Waals surface area contributed by atoms with Gasteiger partial charge in [-0.15, -0.1) is 0 Å². The summed E-state index contributed by atoms with van der Waals surface area (Å²) in [6, 6.07) is 0.415. The van der Waals surface area contributed by atoms with Crippen molar-refractivity contribution < 1.29 is 0 Å². The highest BCUT2D eigenvalue weighted by Crippen LogP contribution is 2.33. The molecule has 1 aliphatic heterocycles. The van der Waals surface area contributed by atoms with Crippen LogP contribution in [0.15, 0.2) is 0 Å². The van der Waals surface area contributed by atoms with Gasteiger partial charge < -0.3 is 11.1 Å². The van der Waals surface area contributed by atoms with Crippen molar-refractivity contribution in [3.8, 4) is 0 Å². The van der Waals surface area contributed by atoms with E-state index in [1.165, 1.54) is 32.4 Å². The van der Waals surface area contributed by atoms with Crippen molar-refractivity contribution in [3.05, 3.63) is 0 Å². The van der Waals surface area contributed by atoms with Crippen molar-refractivity contribution in [2.45, 2.75) is 51.1 Å². The minimum absolute atomic E-state index is 0.275. The van der Waals surface area contributed by atoms with E-state index in [9.17, 15) is 0 Å². The molecule has 0 aromatic carbocycles. The lowest BCUT2D eigenvalue weighted by molar-refractivity contribution is 0.0756. The molecule has 1 saturated carbocycles. The third-order valence-corrected chi connectivity index (χ3v) is 4.46. The van der Waals surface area contributed by atoms with Gasteiger partial charge in [-0.2, -0.15) is 0 Å². The van der Waals surface area contributed by atoms with Gasteiger partial charge in [-0.25, -0.2) is 0 Å². The lowest BCUT2D eigenvalue weighted by Gasteiger charge is -2.44. The first-order chi connectivity index (χ1) is 7.59. The highest BCUT2D eigenvalue weighted by molar-refractivity contribution is 4.91. The molecule has 1 atom stereocenters. The number of hydrogen-bond donors (Lipinski definition) is 2. The summed E-state index contributed by atoms with van der Waals surface area (Å²) in [6.45, 7) is 9.31. The van der Waals surface area contributed by atoms with Crippen LogP contribution in [-0.4, -0.2) is 42.7 Å². The smallest absolute Gasteiger partial charge is 0.0169 e. The van der Waals surface area contributed by atoms with E-state index in [2.05, 4.69) is 24.1 Å². The van der Waals surface area contributed by atoms with E-state index >= 15 is 0 Å². The van der Waals surface area contributed by atoms with Gasteiger partial charge in [-0.05, 0) is 39.0 Å².